The zero-order chi connectivity index (χ0) is 24.2. The van der Waals surface area contributed by atoms with Crippen molar-refractivity contribution in [2.45, 2.75) is 46.0 Å². The molecule has 6 nitrogen and oxygen atoms in total. The Labute approximate surface area is 204 Å². The largest absolute Gasteiger partial charge is 0.353 e. The molecule has 0 bridgehead atoms. The molecule has 1 aromatic heterocycles. The van der Waals surface area contributed by atoms with E-state index < -0.39 is 0 Å². The van der Waals surface area contributed by atoms with E-state index in [1.54, 1.807) is 30.4 Å². The SMILES string of the molecule is Cc1nc2c(s1)CCN(C(=O)CN(C)C(=NC(=N)c1ccc(F)c(C)c1)C1CC=CCC1)CC2. The number of hydrogen-bond donors (Lipinski definition) is 1. The standard InChI is InChI=1S/C26H32FN5OS/c1-17-15-20(9-10-21(17)27)25(28)30-26(19-7-5-4-6-8-19)31(3)16-24(33)32-13-11-22-23(12-14-32)34-18(2)29-22/h4-5,9-10,15,19,28H,6-8,11-14,16H2,1-3H3. The number of benzene rings is 1. The van der Waals surface area contributed by atoms with Gasteiger partial charge in [-0.2, -0.15) is 0 Å². The van der Waals surface area contributed by atoms with Crippen LogP contribution in [-0.2, 0) is 17.6 Å². The van der Waals surface area contributed by atoms with Crippen LogP contribution >= 0.6 is 11.3 Å². The maximum absolute atomic E-state index is 13.7. The molecule has 2 aromatic rings. The summed E-state index contributed by atoms with van der Waals surface area (Å²) in [5, 5.41) is 9.65. The molecular formula is C26H32FN5OS. The van der Waals surface area contributed by atoms with E-state index in [-0.39, 0.29) is 30.0 Å². The lowest BCUT2D eigenvalue weighted by atomic mass is 9.92. The predicted octanol–water partition coefficient (Wildman–Crippen LogP) is 4.54. The molecule has 1 amide bonds. The molecule has 0 radical (unpaired) electrons. The van der Waals surface area contributed by atoms with Gasteiger partial charge in [-0.05, 0) is 56.9 Å². The highest BCUT2D eigenvalue weighted by molar-refractivity contribution is 7.11. The Hall–Kier alpha value is -2.87. The van der Waals surface area contributed by atoms with Crippen molar-refractivity contribution in [1.82, 2.24) is 14.8 Å². The van der Waals surface area contributed by atoms with Crippen LogP contribution in [0.1, 0.15) is 46.0 Å². The molecule has 2 heterocycles. The number of fused-ring (bicyclic) bond motifs is 1. The van der Waals surface area contributed by atoms with Crippen LogP contribution in [-0.4, -0.2) is 59.0 Å². The number of carbonyl (C=O) groups is 1. The average Bonchev–Trinajstić information content (AvgIpc) is 3.06. The maximum atomic E-state index is 13.7. The van der Waals surface area contributed by atoms with E-state index in [0.717, 1.165) is 48.6 Å². The lowest BCUT2D eigenvalue weighted by molar-refractivity contribution is -0.131. The van der Waals surface area contributed by atoms with Gasteiger partial charge >= 0.3 is 0 Å². The molecule has 0 saturated heterocycles. The molecule has 2 aliphatic rings. The first-order valence-corrected chi connectivity index (χ1v) is 12.7. The van der Waals surface area contributed by atoms with Crippen molar-refractivity contribution in [3.8, 4) is 0 Å². The molecule has 1 aromatic carbocycles. The van der Waals surface area contributed by atoms with Gasteiger partial charge in [0, 0.05) is 49.3 Å². The Balaban J connectivity index is 1.49. The number of likely N-dealkylation sites (N-methyl/N-ethyl adjacent to an activating group) is 1. The molecule has 1 atom stereocenters. The zero-order valence-corrected chi connectivity index (χ0v) is 20.9. The number of aryl methyl sites for hydroxylation is 2. The van der Waals surface area contributed by atoms with Crippen molar-refractivity contribution in [2.24, 2.45) is 10.9 Å². The third kappa shape index (κ3) is 5.60. The van der Waals surface area contributed by atoms with Crippen LogP contribution in [0.25, 0.3) is 0 Å². The van der Waals surface area contributed by atoms with E-state index in [4.69, 9.17) is 5.41 Å². The average molecular weight is 482 g/mol. The number of amidine groups is 2. The maximum Gasteiger partial charge on any atom is 0.242 e. The van der Waals surface area contributed by atoms with Crippen LogP contribution in [0.15, 0.2) is 35.3 Å². The Morgan fingerprint density at radius 1 is 1.29 bits per heavy atom. The fourth-order valence-electron chi connectivity index (χ4n) is 4.61. The van der Waals surface area contributed by atoms with Gasteiger partial charge in [0.25, 0.3) is 0 Å². The van der Waals surface area contributed by atoms with Crippen LogP contribution in [0.5, 0.6) is 0 Å². The van der Waals surface area contributed by atoms with Gasteiger partial charge in [-0.3, -0.25) is 10.2 Å². The van der Waals surface area contributed by atoms with E-state index in [0.29, 0.717) is 24.2 Å². The van der Waals surface area contributed by atoms with Gasteiger partial charge in [0.15, 0.2) is 5.84 Å². The Bertz CT molecular complexity index is 1110. The molecule has 180 valence electrons. The third-order valence-electron chi connectivity index (χ3n) is 6.52. The number of nitrogens with zero attached hydrogens (tertiary/aromatic N) is 4. The number of nitrogens with one attached hydrogen (secondary N) is 1. The van der Waals surface area contributed by atoms with Crippen molar-refractivity contribution in [2.75, 3.05) is 26.7 Å². The van der Waals surface area contributed by atoms with Gasteiger partial charge in [0.1, 0.15) is 11.7 Å². The van der Waals surface area contributed by atoms with E-state index >= 15 is 0 Å². The molecule has 4 rings (SSSR count). The smallest absolute Gasteiger partial charge is 0.242 e. The monoisotopic (exact) mass is 481 g/mol. The summed E-state index contributed by atoms with van der Waals surface area (Å²) in [6.45, 7) is 5.31. The van der Waals surface area contributed by atoms with E-state index in [1.165, 1.54) is 10.9 Å². The summed E-state index contributed by atoms with van der Waals surface area (Å²) >= 11 is 1.73. The van der Waals surface area contributed by atoms with Crippen molar-refractivity contribution in [3.63, 3.8) is 0 Å². The lowest BCUT2D eigenvalue weighted by Gasteiger charge is -2.30. The minimum Gasteiger partial charge on any atom is -0.353 e. The number of aliphatic imine (C=N–C) groups is 1. The number of hydrogen-bond acceptors (Lipinski definition) is 4. The van der Waals surface area contributed by atoms with Gasteiger partial charge in [-0.15, -0.1) is 11.3 Å². The second-order valence-corrected chi connectivity index (χ2v) is 10.4. The van der Waals surface area contributed by atoms with Crippen LogP contribution < -0.4 is 0 Å². The second kappa shape index (κ2) is 10.6. The number of rotatable bonds is 4. The summed E-state index contributed by atoms with van der Waals surface area (Å²) in [4.78, 5) is 27.7. The number of allylic oxidation sites excluding steroid dienone is 2. The van der Waals surface area contributed by atoms with E-state index in [1.807, 2.05) is 23.8 Å². The van der Waals surface area contributed by atoms with Crippen molar-refractivity contribution >= 4 is 28.9 Å². The number of thiazole rings is 1. The highest BCUT2D eigenvalue weighted by Gasteiger charge is 2.26. The Kier molecular flexibility index (Phi) is 7.56. The summed E-state index contributed by atoms with van der Waals surface area (Å²) < 4.78 is 13.7. The fourth-order valence-corrected chi connectivity index (χ4v) is 5.58. The summed E-state index contributed by atoms with van der Waals surface area (Å²) in [5.41, 5.74) is 2.19. The minimum atomic E-state index is -0.293. The summed E-state index contributed by atoms with van der Waals surface area (Å²) in [6.07, 6.45) is 8.67. The fraction of sp³-hybridized carbons (Fsp3) is 0.462. The Morgan fingerprint density at radius 2 is 2.09 bits per heavy atom. The van der Waals surface area contributed by atoms with Crippen molar-refractivity contribution in [3.05, 3.63) is 62.9 Å². The van der Waals surface area contributed by atoms with Gasteiger partial charge < -0.3 is 9.80 Å². The topological polar surface area (TPSA) is 72.7 Å². The molecule has 8 heteroatoms. The number of amides is 1. The van der Waals surface area contributed by atoms with Crippen molar-refractivity contribution < 1.29 is 9.18 Å². The molecule has 34 heavy (non-hydrogen) atoms. The third-order valence-corrected chi connectivity index (χ3v) is 7.59. The van der Waals surface area contributed by atoms with Crippen LogP contribution in [0.3, 0.4) is 0 Å². The minimum absolute atomic E-state index is 0.0672. The summed E-state index contributed by atoms with van der Waals surface area (Å²) in [5.74, 6) is 0.757. The molecule has 1 aliphatic carbocycles. The first-order valence-electron chi connectivity index (χ1n) is 11.8. The molecule has 1 aliphatic heterocycles. The van der Waals surface area contributed by atoms with Crippen LogP contribution in [0, 0.1) is 31.0 Å². The Morgan fingerprint density at radius 3 is 2.82 bits per heavy atom. The number of halogens is 1. The predicted molar refractivity (Wildman–Crippen MR) is 135 cm³/mol. The zero-order valence-electron chi connectivity index (χ0n) is 20.1. The molecule has 0 saturated carbocycles. The second-order valence-electron chi connectivity index (χ2n) is 9.10. The van der Waals surface area contributed by atoms with Gasteiger partial charge in [0.2, 0.25) is 5.91 Å². The number of aromatic nitrogens is 1. The molecule has 0 spiro atoms. The molecule has 1 unspecified atom stereocenters. The molecular weight excluding hydrogens is 449 g/mol. The quantitative estimate of drug-likeness (QED) is 0.396. The summed E-state index contributed by atoms with van der Waals surface area (Å²) in [7, 11) is 1.89. The van der Waals surface area contributed by atoms with Crippen LogP contribution in [0.4, 0.5) is 4.39 Å². The lowest BCUT2D eigenvalue weighted by Crippen LogP contribution is -2.44. The normalized spacial score (nSPS) is 18.4. The molecule has 0 fully saturated rings. The van der Waals surface area contributed by atoms with Gasteiger partial charge in [0.05, 0.1) is 17.2 Å². The van der Waals surface area contributed by atoms with Crippen molar-refractivity contribution in [1.29, 1.82) is 5.41 Å². The summed E-state index contributed by atoms with van der Waals surface area (Å²) in [6, 6.07) is 4.61. The highest BCUT2D eigenvalue weighted by atomic mass is 32.1. The first-order chi connectivity index (χ1) is 16.3. The van der Waals surface area contributed by atoms with Crippen LogP contribution in [0.2, 0.25) is 0 Å². The van der Waals surface area contributed by atoms with Gasteiger partial charge in [-0.25, -0.2) is 14.4 Å². The number of carbonyl (C=O) groups excluding carboxylic acids is 1. The first kappa shape index (κ1) is 24.3. The van der Waals surface area contributed by atoms with E-state index in [9.17, 15) is 9.18 Å². The van der Waals surface area contributed by atoms with E-state index in [2.05, 4.69) is 22.1 Å². The van der Waals surface area contributed by atoms with Gasteiger partial charge in [-0.1, -0.05) is 12.2 Å². The molecule has 1 N–H and O–H groups in total. The highest BCUT2D eigenvalue weighted by Crippen LogP contribution is 2.24.